The average molecular weight is 276 g/mol. The maximum Gasteiger partial charge on any atom is 0.339 e. The first kappa shape index (κ1) is 16.0. The number of hydrogen-bond acceptors (Lipinski definition) is 4. The third-order valence-electron chi connectivity index (χ3n) is 2.99. The number of carboxylic acids is 1. The molecule has 1 rings (SSSR count). The van der Waals surface area contributed by atoms with Crippen LogP contribution in [0.15, 0.2) is 24.3 Å². The topological polar surface area (TPSA) is 73.6 Å². The van der Waals surface area contributed by atoms with Gasteiger partial charge in [0.05, 0.1) is 6.07 Å². The predicted octanol–water partition coefficient (Wildman–Crippen LogP) is 2.39. The van der Waals surface area contributed by atoms with Crippen molar-refractivity contribution in [1.82, 2.24) is 4.90 Å². The highest BCUT2D eigenvalue weighted by Gasteiger charge is 2.12. The Morgan fingerprint density at radius 1 is 1.40 bits per heavy atom. The Morgan fingerprint density at radius 2 is 2.10 bits per heavy atom. The number of ether oxygens (including phenoxy) is 1. The lowest BCUT2D eigenvalue weighted by Crippen LogP contribution is -2.35. The van der Waals surface area contributed by atoms with Crippen molar-refractivity contribution in [2.75, 3.05) is 19.7 Å². The second-order valence-corrected chi connectivity index (χ2v) is 4.69. The van der Waals surface area contributed by atoms with Gasteiger partial charge in [0.15, 0.2) is 0 Å². The van der Waals surface area contributed by atoms with Gasteiger partial charge in [-0.2, -0.15) is 5.26 Å². The molecule has 1 aromatic carbocycles. The van der Waals surface area contributed by atoms with Crippen molar-refractivity contribution in [3.8, 4) is 11.8 Å². The summed E-state index contributed by atoms with van der Waals surface area (Å²) in [6.45, 7) is 5.87. The third kappa shape index (κ3) is 4.90. The number of para-hydroxylation sites is 1. The number of carboxylic acid groups (broad SMARTS) is 1. The van der Waals surface area contributed by atoms with E-state index in [4.69, 9.17) is 15.1 Å². The lowest BCUT2D eigenvalue weighted by Gasteiger charge is -2.25. The van der Waals surface area contributed by atoms with Crippen molar-refractivity contribution < 1.29 is 14.6 Å². The fraction of sp³-hybridized carbons (Fsp3) is 0.467. The highest BCUT2D eigenvalue weighted by molar-refractivity contribution is 5.90. The van der Waals surface area contributed by atoms with E-state index in [9.17, 15) is 4.79 Å². The van der Waals surface area contributed by atoms with Gasteiger partial charge in [-0.25, -0.2) is 4.79 Å². The molecule has 0 spiro atoms. The van der Waals surface area contributed by atoms with Gasteiger partial charge in [-0.05, 0) is 26.0 Å². The van der Waals surface area contributed by atoms with Gasteiger partial charge in [0.25, 0.3) is 0 Å². The lowest BCUT2D eigenvalue weighted by molar-refractivity contribution is 0.0691. The number of carbonyl (C=O) groups is 1. The SMILES string of the molecule is CC(C)N(CCC#N)CCOc1ccccc1C(=O)O. The number of aromatic carboxylic acids is 1. The number of nitriles is 1. The van der Waals surface area contributed by atoms with Crippen LogP contribution in [0.1, 0.15) is 30.6 Å². The molecule has 1 N–H and O–H groups in total. The number of hydrogen-bond donors (Lipinski definition) is 1. The second kappa shape index (κ2) is 8.18. The molecule has 0 saturated carbocycles. The van der Waals surface area contributed by atoms with E-state index in [1.54, 1.807) is 18.2 Å². The average Bonchev–Trinajstić information content (AvgIpc) is 2.42. The minimum atomic E-state index is -0.995. The quantitative estimate of drug-likeness (QED) is 0.789. The van der Waals surface area contributed by atoms with Crippen LogP contribution in [0.5, 0.6) is 5.75 Å². The van der Waals surface area contributed by atoms with E-state index in [0.29, 0.717) is 37.9 Å². The third-order valence-corrected chi connectivity index (χ3v) is 2.99. The van der Waals surface area contributed by atoms with Gasteiger partial charge in [-0.3, -0.25) is 4.90 Å². The molecule has 0 bridgehead atoms. The highest BCUT2D eigenvalue weighted by atomic mass is 16.5. The molecule has 0 heterocycles. The van der Waals surface area contributed by atoms with Crippen LogP contribution in [0.4, 0.5) is 0 Å². The molecule has 5 heteroatoms. The van der Waals surface area contributed by atoms with Gasteiger partial charge in [-0.1, -0.05) is 12.1 Å². The molecule has 0 aliphatic carbocycles. The number of rotatable bonds is 8. The Labute approximate surface area is 119 Å². The maximum absolute atomic E-state index is 11.0. The number of nitrogens with zero attached hydrogens (tertiary/aromatic N) is 2. The zero-order valence-corrected chi connectivity index (χ0v) is 11.9. The first-order chi connectivity index (χ1) is 9.56. The Balaban J connectivity index is 2.55. The van der Waals surface area contributed by atoms with Crippen molar-refractivity contribution in [1.29, 1.82) is 5.26 Å². The smallest absolute Gasteiger partial charge is 0.339 e. The molecule has 0 amide bonds. The van der Waals surface area contributed by atoms with E-state index in [-0.39, 0.29) is 5.56 Å². The molecule has 0 fully saturated rings. The standard InChI is InChI=1S/C15H20N2O3/c1-12(2)17(9-5-8-16)10-11-20-14-7-4-3-6-13(14)15(18)19/h3-4,6-7,12H,5,9-11H2,1-2H3,(H,18,19). The summed E-state index contributed by atoms with van der Waals surface area (Å²) in [4.78, 5) is 13.2. The molecule has 0 aliphatic rings. The van der Waals surface area contributed by atoms with E-state index < -0.39 is 5.97 Å². The molecule has 0 saturated heterocycles. The van der Waals surface area contributed by atoms with Crippen LogP contribution in [0, 0.1) is 11.3 Å². The molecule has 5 nitrogen and oxygen atoms in total. The summed E-state index contributed by atoms with van der Waals surface area (Å²) in [5.41, 5.74) is 0.167. The molecule has 0 aromatic heterocycles. The lowest BCUT2D eigenvalue weighted by atomic mass is 10.2. The molecule has 0 atom stereocenters. The minimum absolute atomic E-state index is 0.167. The van der Waals surface area contributed by atoms with E-state index in [1.807, 2.05) is 0 Å². The van der Waals surface area contributed by atoms with Crippen molar-refractivity contribution in [2.24, 2.45) is 0 Å². The fourth-order valence-corrected chi connectivity index (χ4v) is 1.86. The predicted molar refractivity (Wildman–Crippen MR) is 75.8 cm³/mol. The van der Waals surface area contributed by atoms with Crippen molar-refractivity contribution in [3.05, 3.63) is 29.8 Å². The van der Waals surface area contributed by atoms with E-state index >= 15 is 0 Å². The van der Waals surface area contributed by atoms with Gasteiger partial charge in [-0.15, -0.1) is 0 Å². The molecule has 20 heavy (non-hydrogen) atoms. The summed E-state index contributed by atoms with van der Waals surface area (Å²) >= 11 is 0. The van der Waals surface area contributed by atoms with Crippen molar-refractivity contribution >= 4 is 5.97 Å². The van der Waals surface area contributed by atoms with Crippen LogP contribution in [0.2, 0.25) is 0 Å². The molecular weight excluding hydrogens is 256 g/mol. The minimum Gasteiger partial charge on any atom is -0.491 e. The number of benzene rings is 1. The summed E-state index contributed by atoms with van der Waals surface area (Å²) in [7, 11) is 0. The summed E-state index contributed by atoms with van der Waals surface area (Å²) < 4.78 is 5.55. The summed E-state index contributed by atoms with van der Waals surface area (Å²) in [5, 5.41) is 17.7. The van der Waals surface area contributed by atoms with Crippen LogP contribution in [0.25, 0.3) is 0 Å². The second-order valence-electron chi connectivity index (χ2n) is 4.69. The van der Waals surface area contributed by atoms with Crippen LogP contribution in [-0.2, 0) is 0 Å². The maximum atomic E-state index is 11.0. The Bertz CT molecular complexity index is 480. The monoisotopic (exact) mass is 276 g/mol. The van der Waals surface area contributed by atoms with Crippen LogP contribution in [0.3, 0.4) is 0 Å². The van der Waals surface area contributed by atoms with Gasteiger partial charge in [0, 0.05) is 25.6 Å². The first-order valence-electron chi connectivity index (χ1n) is 6.62. The van der Waals surface area contributed by atoms with Crippen molar-refractivity contribution in [3.63, 3.8) is 0 Å². The fourth-order valence-electron chi connectivity index (χ4n) is 1.86. The molecule has 1 aromatic rings. The van der Waals surface area contributed by atoms with E-state index in [2.05, 4.69) is 24.8 Å². The molecule has 0 aliphatic heterocycles. The first-order valence-corrected chi connectivity index (χ1v) is 6.62. The molecule has 0 unspecified atom stereocenters. The Morgan fingerprint density at radius 3 is 2.70 bits per heavy atom. The van der Waals surface area contributed by atoms with E-state index in [0.717, 1.165) is 0 Å². The summed E-state index contributed by atoms with van der Waals surface area (Å²) in [6, 6.07) is 9.04. The molecule has 0 radical (unpaired) electrons. The summed E-state index contributed by atoms with van der Waals surface area (Å²) in [6.07, 6.45) is 0.476. The molecule has 108 valence electrons. The zero-order chi connectivity index (χ0) is 15.0. The van der Waals surface area contributed by atoms with E-state index in [1.165, 1.54) is 6.07 Å². The Kier molecular flexibility index (Phi) is 6.54. The van der Waals surface area contributed by atoms with Gasteiger partial charge < -0.3 is 9.84 Å². The zero-order valence-electron chi connectivity index (χ0n) is 11.9. The normalized spacial score (nSPS) is 10.6. The van der Waals surface area contributed by atoms with Gasteiger partial charge >= 0.3 is 5.97 Å². The largest absolute Gasteiger partial charge is 0.491 e. The van der Waals surface area contributed by atoms with Crippen LogP contribution >= 0.6 is 0 Å². The van der Waals surface area contributed by atoms with Crippen LogP contribution in [-0.4, -0.2) is 41.7 Å². The summed E-state index contributed by atoms with van der Waals surface area (Å²) in [5.74, 6) is -0.616. The van der Waals surface area contributed by atoms with Gasteiger partial charge in [0.1, 0.15) is 17.9 Å². The molecular formula is C15H20N2O3. The van der Waals surface area contributed by atoms with Gasteiger partial charge in [0.2, 0.25) is 0 Å². The van der Waals surface area contributed by atoms with Crippen molar-refractivity contribution in [2.45, 2.75) is 26.3 Å². The van der Waals surface area contributed by atoms with Crippen LogP contribution < -0.4 is 4.74 Å². The highest BCUT2D eigenvalue weighted by Crippen LogP contribution is 2.17. The Hall–Kier alpha value is -2.06.